The highest BCUT2D eigenvalue weighted by Gasteiger charge is 2.37. The molecule has 0 saturated carbocycles. The van der Waals surface area contributed by atoms with E-state index in [0.717, 1.165) is 30.4 Å². The zero-order valence-electron chi connectivity index (χ0n) is 8.27. The van der Waals surface area contributed by atoms with Crippen LogP contribution in [0.5, 0.6) is 0 Å². The number of carbonyl (C=O) groups is 1. The van der Waals surface area contributed by atoms with Crippen molar-refractivity contribution in [1.82, 2.24) is 0 Å². The maximum atomic E-state index is 11.6. The Morgan fingerprint density at radius 3 is 3.13 bits per heavy atom. The van der Waals surface area contributed by atoms with Crippen LogP contribution in [0.1, 0.15) is 41.7 Å². The molecule has 0 spiro atoms. The smallest absolute Gasteiger partial charge is 0.316 e. The van der Waals surface area contributed by atoms with Gasteiger partial charge in [0, 0.05) is 5.56 Å². The van der Waals surface area contributed by atoms with Crippen LogP contribution in [0.15, 0.2) is 18.2 Å². The van der Waals surface area contributed by atoms with Crippen molar-refractivity contribution in [3.05, 3.63) is 34.9 Å². The lowest BCUT2D eigenvalue weighted by atomic mass is 9.79. The molecule has 1 aliphatic carbocycles. The summed E-state index contributed by atoms with van der Waals surface area (Å²) in [5, 5.41) is 9.65. The fraction of sp³-hybridized carbons (Fsp3) is 0.417. The van der Waals surface area contributed by atoms with E-state index in [4.69, 9.17) is 4.74 Å². The summed E-state index contributed by atoms with van der Waals surface area (Å²) in [7, 11) is 0. The highest BCUT2D eigenvalue weighted by Crippen LogP contribution is 2.41. The van der Waals surface area contributed by atoms with E-state index in [1.165, 1.54) is 5.56 Å². The molecule has 1 aliphatic heterocycles. The summed E-state index contributed by atoms with van der Waals surface area (Å²) < 4.78 is 4.92. The zero-order valence-corrected chi connectivity index (χ0v) is 8.27. The highest BCUT2D eigenvalue weighted by molar-refractivity contribution is 5.81. The standard InChI is InChI=1S/C12H12O3/c13-11-8-5-1-3-7-4-2-6-9(10(7)8)12(14)15-11/h1,3,5,9,11,13H,2,4,6H2. The summed E-state index contributed by atoms with van der Waals surface area (Å²) in [6.07, 6.45) is 1.79. The van der Waals surface area contributed by atoms with Crippen LogP contribution in [0.25, 0.3) is 0 Å². The van der Waals surface area contributed by atoms with Crippen molar-refractivity contribution in [1.29, 1.82) is 0 Å². The zero-order chi connectivity index (χ0) is 10.4. The number of esters is 1. The second-order valence-corrected chi connectivity index (χ2v) is 4.15. The Morgan fingerprint density at radius 2 is 2.27 bits per heavy atom. The van der Waals surface area contributed by atoms with Gasteiger partial charge in [-0.05, 0) is 30.4 Å². The van der Waals surface area contributed by atoms with Gasteiger partial charge in [0.2, 0.25) is 6.29 Å². The number of rotatable bonds is 0. The Hall–Kier alpha value is -1.35. The van der Waals surface area contributed by atoms with Crippen molar-refractivity contribution >= 4 is 5.97 Å². The number of ether oxygens (including phenoxy) is 1. The molecule has 0 radical (unpaired) electrons. The minimum absolute atomic E-state index is 0.145. The molecule has 0 fully saturated rings. The quantitative estimate of drug-likeness (QED) is 0.654. The predicted molar refractivity (Wildman–Crippen MR) is 53.2 cm³/mol. The van der Waals surface area contributed by atoms with Crippen LogP contribution in [-0.4, -0.2) is 11.1 Å². The predicted octanol–water partition coefficient (Wildman–Crippen LogP) is 1.65. The number of carbonyl (C=O) groups excluding carboxylic acids is 1. The molecule has 0 aromatic heterocycles. The SMILES string of the molecule is O=C1OC(O)c2cccc3c2C1CCC3. The van der Waals surface area contributed by atoms with Crippen molar-refractivity contribution in [2.75, 3.05) is 0 Å². The van der Waals surface area contributed by atoms with Crippen LogP contribution < -0.4 is 0 Å². The largest absolute Gasteiger partial charge is 0.431 e. The third kappa shape index (κ3) is 1.20. The van der Waals surface area contributed by atoms with E-state index in [2.05, 4.69) is 0 Å². The molecule has 0 amide bonds. The van der Waals surface area contributed by atoms with Gasteiger partial charge >= 0.3 is 5.97 Å². The summed E-state index contributed by atoms with van der Waals surface area (Å²) in [5.74, 6) is -0.421. The lowest BCUT2D eigenvalue weighted by molar-refractivity contribution is -0.175. The number of hydrogen-bond donors (Lipinski definition) is 1. The van der Waals surface area contributed by atoms with Gasteiger partial charge in [-0.3, -0.25) is 4.79 Å². The Kier molecular flexibility index (Phi) is 1.83. The maximum Gasteiger partial charge on any atom is 0.316 e. The van der Waals surface area contributed by atoms with E-state index < -0.39 is 6.29 Å². The third-order valence-electron chi connectivity index (χ3n) is 3.30. The number of cyclic esters (lactones) is 1. The van der Waals surface area contributed by atoms with Gasteiger partial charge in [0.1, 0.15) is 0 Å². The topological polar surface area (TPSA) is 46.5 Å². The van der Waals surface area contributed by atoms with Crippen LogP contribution in [0.3, 0.4) is 0 Å². The molecule has 78 valence electrons. The average Bonchev–Trinajstić information content (AvgIpc) is 2.25. The number of aliphatic hydroxyl groups excluding tert-OH is 1. The molecule has 2 unspecified atom stereocenters. The maximum absolute atomic E-state index is 11.6. The number of aryl methyl sites for hydroxylation is 1. The van der Waals surface area contributed by atoms with E-state index in [1.807, 2.05) is 18.2 Å². The molecule has 1 aromatic rings. The molecule has 1 aromatic carbocycles. The van der Waals surface area contributed by atoms with Gasteiger partial charge in [-0.15, -0.1) is 0 Å². The van der Waals surface area contributed by atoms with E-state index in [0.29, 0.717) is 0 Å². The molecule has 2 aliphatic rings. The molecular weight excluding hydrogens is 192 g/mol. The lowest BCUT2D eigenvalue weighted by Crippen LogP contribution is -2.29. The number of benzene rings is 1. The van der Waals surface area contributed by atoms with Crippen LogP contribution in [0.4, 0.5) is 0 Å². The lowest BCUT2D eigenvalue weighted by Gasteiger charge is -2.32. The number of aliphatic hydroxyl groups is 1. The van der Waals surface area contributed by atoms with E-state index in [9.17, 15) is 9.90 Å². The molecule has 3 nitrogen and oxygen atoms in total. The van der Waals surface area contributed by atoms with Gasteiger partial charge in [0.05, 0.1) is 5.92 Å². The van der Waals surface area contributed by atoms with Crippen LogP contribution >= 0.6 is 0 Å². The Balaban J connectivity index is 2.23. The Bertz CT molecular complexity index is 425. The first kappa shape index (κ1) is 8.92. The molecule has 0 saturated heterocycles. The van der Waals surface area contributed by atoms with Crippen LogP contribution in [0, 0.1) is 0 Å². The minimum atomic E-state index is -1.07. The van der Waals surface area contributed by atoms with Crippen molar-refractivity contribution in [3.8, 4) is 0 Å². The normalized spacial score (nSPS) is 28.2. The van der Waals surface area contributed by atoms with E-state index in [-0.39, 0.29) is 11.9 Å². The third-order valence-corrected chi connectivity index (χ3v) is 3.30. The minimum Gasteiger partial charge on any atom is -0.431 e. The van der Waals surface area contributed by atoms with Crippen LogP contribution in [-0.2, 0) is 16.0 Å². The molecule has 3 rings (SSSR count). The van der Waals surface area contributed by atoms with Crippen molar-refractivity contribution in [3.63, 3.8) is 0 Å². The van der Waals surface area contributed by atoms with Crippen molar-refractivity contribution in [2.24, 2.45) is 0 Å². The molecule has 1 N–H and O–H groups in total. The summed E-state index contributed by atoms with van der Waals surface area (Å²) in [4.78, 5) is 11.6. The second kappa shape index (κ2) is 3.07. The van der Waals surface area contributed by atoms with Crippen LogP contribution in [0.2, 0.25) is 0 Å². The van der Waals surface area contributed by atoms with Gasteiger partial charge in [-0.2, -0.15) is 0 Å². The average molecular weight is 204 g/mol. The molecule has 3 heteroatoms. The molecule has 0 bridgehead atoms. The first-order valence-electron chi connectivity index (χ1n) is 5.27. The first-order chi connectivity index (χ1) is 7.27. The summed E-state index contributed by atoms with van der Waals surface area (Å²) in [6, 6.07) is 5.80. The summed E-state index contributed by atoms with van der Waals surface area (Å²) in [5.41, 5.74) is 2.99. The molecule has 2 atom stereocenters. The summed E-state index contributed by atoms with van der Waals surface area (Å²) >= 11 is 0. The van der Waals surface area contributed by atoms with E-state index in [1.54, 1.807) is 0 Å². The van der Waals surface area contributed by atoms with Gasteiger partial charge < -0.3 is 9.84 Å². The first-order valence-corrected chi connectivity index (χ1v) is 5.27. The highest BCUT2D eigenvalue weighted by atomic mass is 16.6. The van der Waals surface area contributed by atoms with Gasteiger partial charge in [-0.1, -0.05) is 18.2 Å². The number of hydrogen-bond acceptors (Lipinski definition) is 3. The Morgan fingerprint density at radius 1 is 1.40 bits per heavy atom. The molecular formula is C12H12O3. The molecule has 1 heterocycles. The monoisotopic (exact) mass is 204 g/mol. The van der Waals surface area contributed by atoms with E-state index >= 15 is 0 Å². The summed E-state index contributed by atoms with van der Waals surface area (Å²) in [6.45, 7) is 0. The fourth-order valence-electron chi connectivity index (χ4n) is 2.62. The van der Waals surface area contributed by atoms with Crippen molar-refractivity contribution in [2.45, 2.75) is 31.5 Å². The van der Waals surface area contributed by atoms with Crippen molar-refractivity contribution < 1.29 is 14.6 Å². The Labute approximate surface area is 87.7 Å². The second-order valence-electron chi connectivity index (χ2n) is 4.15. The van der Waals surface area contributed by atoms with Gasteiger partial charge in [-0.25, -0.2) is 0 Å². The fourth-order valence-corrected chi connectivity index (χ4v) is 2.62. The molecule has 15 heavy (non-hydrogen) atoms. The van der Waals surface area contributed by atoms with Gasteiger partial charge in [0.25, 0.3) is 0 Å². The van der Waals surface area contributed by atoms with Gasteiger partial charge in [0.15, 0.2) is 0 Å².